The van der Waals surface area contributed by atoms with Gasteiger partial charge in [0.1, 0.15) is 47.3 Å². The highest BCUT2D eigenvalue weighted by Crippen LogP contribution is 2.47. The summed E-state index contributed by atoms with van der Waals surface area (Å²) in [6, 6.07) is 154. The number of benzene rings is 15. The molecule has 694 valence electrons. The van der Waals surface area contributed by atoms with Crippen molar-refractivity contribution in [3.8, 4) is 0 Å². The van der Waals surface area contributed by atoms with Gasteiger partial charge in [-0.3, -0.25) is 0 Å². The summed E-state index contributed by atoms with van der Waals surface area (Å²) in [7, 11) is 0. The number of epoxide rings is 1. The first-order valence-electron chi connectivity index (χ1n) is 46.6. The molecule has 0 spiro atoms. The van der Waals surface area contributed by atoms with E-state index >= 15 is 0 Å². The molecule has 18 rings (SSSR count). The smallest absolute Gasteiger partial charge is 0.332 e. The van der Waals surface area contributed by atoms with Crippen LogP contribution in [-0.4, -0.2) is 120 Å². The summed E-state index contributed by atoms with van der Waals surface area (Å²) in [5.41, 5.74) is 13.1. The summed E-state index contributed by atoms with van der Waals surface area (Å²) < 4.78 is 61.0. The molecule has 15 aromatic carbocycles. The number of hydrogen-bond donors (Lipinski definition) is 1. The number of esters is 1. The Morgan fingerprint density at radius 1 is 0.336 bits per heavy atom. The number of oxime groups is 1. The Morgan fingerprint density at radius 2 is 0.577 bits per heavy atom. The minimum absolute atomic E-state index is 0.0632. The zero-order valence-electron chi connectivity index (χ0n) is 77.5. The number of carbonyl (C=O) groups excluding carboxylic acids is 1. The van der Waals surface area contributed by atoms with E-state index in [9.17, 15) is 9.90 Å². The van der Waals surface area contributed by atoms with E-state index in [1.54, 1.807) is 25.2 Å². The number of rotatable bonds is 40. The Bertz CT molecular complexity index is 5580. The van der Waals surface area contributed by atoms with Gasteiger partial charge in [-0.05, 0) is 90.4 Å². The second-order valence-electron chi connectivity index (χ2n) is 32.8. The van der Waals surface area contributed by atoms with Crippen LogP contribution in [0.1, 0.15) is 90.4 Å². The van der Waals surface area contributed by atoms with Gasteiger partial charge in [-0.25, -0.2) is 4.79 Å². The number of ether oxygens (including phenoxy) is 10. The SMILES string of the molecule is C=CCO[C@@H](C=C)COC(c1ccccc1)(c1ccccc1)c1ccccc1.C=C[C@@H](COC(c1ccccc1)(c1ccccc1)c1ccccc1)OCC(=O)OCC.C=C[C@H](O)COC(c1ccccc1)(c1ccccc1)c1ccccc1.c1ccc(C(OC[C@@H]2CO2)(c2ccccc2)c2ccccc2)cc1.c1ccc(C(OC[C@H]2OCC3=NOC[C@@H]32)(c2ccccc2)c2ccccc2)cc1. The average Bonchev–Trinajstić information content (AvgIpc) is 1.74. The first-order valence-corrected chi connectivity index (χ1v) is 46.6. The molecular formula is C123H119NO13. The molecule has 3 aliphatic rings. The quantitative estimate of drug-likeness (QED) is 0.0168. The third-order valence-corrected chi connectivity index (χ3v) is 24.2. The van der Waals surface area contributed by atoms with Gasteiger partial charge in [-0.2, -0.15) is 0 Å². The Morgan fingerprint density at radius 3 is 0.810 bits per heavy atom. The van der Waals surface area contributed by atoms with Gasteiger partial charge in [0.25, 0.3) is 0 Å². The van der Waals surface area contributed by atoms with Gasteiger partial charge < -0.3 is 57.3 Å². The van der Waals surface area contributed by atoms with Crippen LogP contribution >= 0.6 is 0 Å². The third-order valence-electron chi connectivity index (χ3n) is 24.2. The van der Waals surface area contributed by atoms with Crippen molar-refractivity contribution in [2.45, 2.75) is 65.4 Å². The molecule has 3 aliphatic heterocycles. The number of fused-ring (bicyclic) bond motifs is 1. The largest absolute Gasteiger partial charge is 0.464 e. The minimum Gasteiger partial charge on any atom is -0.464 e. The highest BCUT2D eigenvalue weighted by molar-refractivity contribution is 5.90. The van der Waals surface area contributed by atoms with Crippen LogP contribution in [0.2, 0.25) is 0 Å². The molecule has 0 aliphatic carbocycles. The summed E-state index contributed by atoms with van der Waals surface area (Å²) >= 11 is 0. The summed E-state index contributed by atoms with van der Waals surface area (Å²) in [5, 5.41) is 14.1. The lowest BCUT2D eigenvalue weighted by Crippen LogP contribution is -2.37. The van der Waals surface area contributed by atoms with Gasteiger partial charge in [0.15, 0.2) is 0 Å². The van der Waals surface area contributed by atoms with Gasteiger partial charge in [0.05, 0.1) is 95.5 Å². The molecule has 2 fully saturated rings. The molecule has 0 bridgehead atoms. The number of nitrogens with zero attached hydrogens (tertiary/aromatic N) is 1. The molecule has 0 unspecified atom stereocenters. The molecule has 14 heteroatoms. The van der Waals surface area contributed by atoms with Crippen LogP contribution in [0.15, 0.2) is 511 Å². The number of carbonyl (C=O) groups is 1. The summed E-state index contributed by atoms with van der Waals surface area (Å²) in [6.45, 7) is 21.1. The number of hydrogen-bond acceptors (Lipinski definition) is 14. The maximum atomic E-state index is 11.7. The predicted octanol–water partition coefficient (Wildman–Crippen LogP) is 24.2. The number of aliphatic hydroxyl groups is 1. The van der Waals surface area contributed by atoms with Crippen molar-refractivity contribution >= 4 is 11.7 Å². The third kappa shape index (κ3) is 24.7. The Labute approximate surface area is 807 Å². The molecule has 14 nitrogen and oxygen atoms in total. The lowest BCUT2D eigenvalue weighted by Gasteiger charge is -2.37. The van der Waals surface area contributed by atoms with E-state index in [1.807, 2.05) is 200 Å². The molecule has 137 heavy (non-hydrogen) atoms. The number of aliphatic hydroxyl groups excluding tert-OH is 1. The zero-order valence-corrected chi connectivity index (χ0v) is 77.5. The van der Waals surface area contributed by atoms with Crippen molar-refractivity contribution in [2.24, 2.45) is 11.1 Å². The molecule has 1 N–H and O–H groups in total. The van der Waals surface area contributed by atoms with Crippen molar-refractivity contribution in [1.29, 1.82) is 0 Å². The zero-order chi connectivity index (χ0) is 94.9. The molecule has 3 heterocycles. The Balaban J connectivity index is 0.000000137. The van der Waals surface area contributed by atoms with E-state index in [1.165, 1.54) is 6.08 Å². The summed E-state index contributed by atoms with van der Waals surface area (Å²) in [4.78, 5) is 17.0. The normalized spacial score (nSPS) is 14.9. The minimum atomic E-state index is -0.849. The molecular weight excluding hydrogens is 1700 g/mol. The first-order chi connectivity index (χ1) is 67.6. The van der Waals surface area contributed by atoms with Gasteiger partial charge in [-0.15, -0.1) is 26.3 Å². The van der Waals surface area contributed by atoms with Gasteiger partial charge in [0, 0.05) is 0 Å². The second-order valence-corrected chi connectivity index (χ2v) is 32.8. The highest BCUT2D eigenvalue weighted by atomic mass is 16.6. The predicted molar refractivity (Wildman–Crippen MR) is 545 cm³/mol. The van der Waals surface area contributed by atoms with E-state index < -0.39 is 46.2 Å². The van der Waals surface area contributed by atoms with Crippen LogP contribution in [0, 0.1) is 5.92 Å². The first kappa shape index (κ1) is 98.8. The topological polar surface area (TPSA) is 154 Å². The van der Waals surface area contributed by atoms with Crippen LogP contribution in [0.4, 0.5) is 0 Å². The van der Waals surface area contributed by atoms with Crippen LogP contribution in [0.5, 0.6) is 0 Å². The lowest BCUT2D eigenvalue weighted by atomic mass is 9.80. The van der Waals surface area contributed by atoms with Crippen molar-refractivity contribution in [3.05, 3.63) is 589 Å². The van der Waals surface area contributed by atoms with Crippen molar-refractivity contribution < 1.29 is 62.1 Å². The monoisotopic (exact) mass is 1820 g/mol. The highest BCUT2D eigenvalue weighted by Gasteiger charge is 2.46. The van der Waals surface area contributed by atoms with Crippen molar-refractivity contribution in [2.75, 3.05) is 72.7 Å². The lowest BCUT2D eigenvalue weighted by molar-refractivity contribution is -0.151. The van der Waals surface area contributed by atoms with Crippen LogP contribution in [0.3, 0.4) is 0 Å². The van der Waals surface area contributed by atoms with Crippen LogP contribution in [0.25, 0.3) is 0 Å². The Hall–Kier alpha value is -14.2. The van der Waals surface area contributed by atoms with Crippen LogP contribution in [-0.2, 0) is 85.0 Å². The molecule has 15 aromatic rings. The van der Waals surface area contributed by atoms with E-state index in [4.69, 9.17) is 52.2 Å². The van der Waals surface area contributed by atoms with E-state index in [0.29, 0.717) is 46.2 Å². The fraction of sp³-hybridized carbons (Fsp3) is 0.187. The van der Waals surface area contributed by atoms with Crippen molar-refractivity contribution in [1.82, 2.24) is 0 Å². The van der Waals surface area contributed by atoms with Gasteiger partial charge >= 0.3 is 5.97 Å². The van der Waals surface area contributed by atoms with E-state index in [0.717, 1.165) is 95.8 Å². The maximum Gasteiger partial charge on any atom is 0.332 e. The average molecular weight is 1820 g/mol. The second kappa shape index (κ2) is 50.9. The molecule has 0 aromatic heterocycles. The fourth-order valence-electron chi connectivity index (χ4n) is 17.4. The van der Waals surface area contributed by atoms with Gasteiger partial charge in [0.2, 0.25) is 0 Å². The van der Waals surface area contributed by atoms with Crippen molar-refractivity contribution in [3.63, 3.8) is 0 Å². The summed E-state index contributed by atoms with van der Waals surface area (Å²) in [6.07, 6.45) is 5.36. The Kier molecular flexibility index (Phi) is 36.7. The molecule has 0 amide bonds. The van der Waals surface area contributed by atoms with E-state index in [2.05, 4.69) is 286 Å². The standard InChI is InChI=1S/C27H28O4.C26H26O2.C25H23NO3.C23H22O2.C22H20O2/c1-3-25(30-21-26(28)29-4-2)20-31-27(22-14-8-5-9-15-22,23-16-10-6-11-17-23)24-18-12-7-13-19-24;1-3-20-27-25(4-2)21-28-26(22-14-8-5-9-15-22,23-16-10-6-11-17-23)24-18-12-7-13-19-24;1-4-10-19(11-5-1)25(20-12-6-2-7-13-20,21-14-8-3-9-15-21)28-18-24-22-16-29-26-23(22)17-27-24;1-2-22(24)18-25-23(19-12-6-3-7-13-19,20-14-8-4-9-15-20)21-16-10-5-11-17-21;1-4-10-18(11-5-1)22(24-17-21-16-23-21,19-12-6-2-7-13-19)20-14-8-3-9-15-20/h3,5-19,25H,1,4,20-21H2,2H3;3-19,25H,1-2,20-21H2;1-15,22,24H,16-18H2;2-17,22,24H,1,18H2;1-15,21H,16-17H2/t2*25-;22-,24+;22-;21-/m00000/s1. The molecule has 0 saturated carbocycles. The van der Waals surface area contributed by atoms with E-state index in [-0.39, 0.29) is 44.1 Å². The van der Waals surface area contributed by atoms with Crippen LogP contribution < -0.4 is 0 Å². The molecule has 0 radical (unpaired) electrons. The molecule has 6 atom stereocenters. The maximum absolute atomic E-state index is 11.7. The van der Waals surface area contributed by atoms with Gasteiger partial charge in [-0.1, -0.05) is 484 Å². The molecule has 2 saturated heterocycles. The fourth-order valence-corrected chi connectivity index (χ4v) is 17.4. The summed E-state index contributed by atoms with van der Waals surface area (Å²) in [5.74, 6) is -0.232.